The molecule has 0 saturated carbocycles. The van der Waals surface area contributed by atoms with Gasteiger partial charge >= 0.3 is 0 Å². The Morgan fingerprint density at radius 2 is 1.67 bits per heavy atom. The minimum absolute atomic E-state index is 0.161. The average Bonchev–Trinajstić information content (AvgIpc) is 2.46. The van der Waals surface area contributed by atoms with Crippen LogP contribution < -0.4 is 15.2 Å². The van der Waals surface area contributed by atoms with Gasteiger partial charge in [0.25, 0.3) is 0 Å². The molecule has 0 saturated heterocycles. The van der Waals surface area contributed by atoms with Gasteiger partial charge < -0.3 is 15.2 Å². The second-order valence-electron chi connectivity index (χ2n) is 6.18. The van der Waals surface area contributed by atoms with Gasteiger partial charge in [-0.05, 0) is 37.5 Å². The van der Waals surface area contributed by atoms with Gasteiger partial charge in [0.1, 0.15) is 0 Å². The third-order valence-electron chi connectivity index (χ3n) is 3.91. The molecule has 0 aromatic heterocycles. The molecule has 1 rings (SSSR count). The second-order valence-corrected chi connectivity index (χ2v) is 6.18. The number of hydrogen-bond donors (Lipinski definition) is 1. The van der Waals surface area contributed by atoms with E-state index in [-0.39, 0.29) is 5.54 Å². The van der Waals surface area contributed by atoms with Crippen LogP contribution in [0.15, 0.2) is 18.2 Å². The fraction of sp³-hybridized carbons (Fsp3) is 0.667. The van der Waals surface area contributed by atoms with E-state index in [1.807, 2.05) is 12.1 Å². The summed E-state index contributed by atoms with van der Waals surface area (Å²) in [4.78, 5) is 0. The van der Waals surface area contributed by atoms with Gasteiger partial charge in [-0.25, -0.2) is 0 Å². The van der Waals surface area contributed by atoms with Crippen LogP contribution in [0, 0.1) is 0 Å². The fourth-order valence-corrected chi connectivity index (χ4v) is 2.68. The molecule has 0 aliphatic heterocycles. The lowest BCUT2D eigenvalue weighted by atomic mass is 9.88. The molecule has 1 atom stereocenters. The number of unbranched alkanes of at least 4 members (excludes halogenated alkanes) is 4. The third-order valence-corrected chi connectivity index (χ3v) is 3.91. The summed E-state index contributed by atoms with van der Waals surface area (Å²) in [5.41, 5.74) is 7.49. The van der Waals surface area contributed by atoms with E-state index in [2.05, 4.69) is 19.9 Å². The predicted octanol–water partition coefficient (Wildman–Crippen LogP) is 4.32. The normalized spacial score (nSPS) is 13.8. The van der Waals surface area contributed by atoms with E-state index >= 15 is 0 Å². The van der Waals surface area contributed by atoms with Crippen molar-refractivity contribution in [2.45, 2.75) is 64.3 Å². The second kappa shape index (κ2) is 8.93. The smallest absolute Gasteiger partial charge is 0.160 e. The molecule has 3 nitrogen and oxygen atoms in total. The number of hydrogen-bond acceptors (Lipinski definition) is 3. The van der Waals surface area contributed by atoms with E-state index in [9.17, 15) is 0 Å². The van der Waals surface area contributed by atoms with Crippen molar-refractivity contribution < 1.29 is 9.47 Å². The van der Waals surface area contributed by atoms with Crippen LogP contribution in [0.5, 0.6) is 11.5 Å². The van der Waals surface area contributed by atoms with Crippen molar-refractivity contribution >= 4 is 0 Å². The average molecular weight is 293 g/mol. The van der Waals surface area contributed by atoms with Gasteiger partial charge in [0.15, 0.2) is 11.5 Å². The van der Waals surface area contributed by atoms with Gasteiger partial charge in [-0.15, -0.1) is 0 Å². The Morgan fingerprint density at radius 1 is 1.00 bits per heavy atom. The Morgan fingerprint density at radius 3 is 2.29 bits per heavy atom. The lowest BCUT2D eigenvalue weighted by Gasteiger charge is -2.25. The van der Waals surface area contributed by atoms with Gasteiger partial charge in [0, 0.05) is 5.54 Å². The molecule has 0 bridgehead atoms. The van der Waals surface area contributed by atoms with Crippen LogP contribution >= 0.6 is 0 Å². The van der Waals surface area contributed by atoms with E-state index in [0.717, 1.165) is 24.3 Å². The molecule has 3 heteroatoms. The zero-order chi connectivity index (χ0) is 15.7. The first-order valence-electron chi connectivity index (χ1n) is 8.02. The largest absolute Gasteiger partial charge is 0.493 e. The highest BCUT2D eigenvalue weighted by Gasteiger charge is 2.19. The molecule has 0 spiro atoms. The molecule has 0 amide bonds. The molecule has 0 heterocycles. The van der Waals surface area contributed by atoms with Gasteiger partial charge in [-0.1, -0.05) is 45.1 Å². The first-order valence-corrected chi connectivity index (χ1v) is 8.02. The maximum atomic E-state index is 6.45. The van der Waals surface area contributed by atoms with Crippen molar-refractivity contribution in [3.63, 3.8) is 0 Å². The number of rotatable bonds is 10. The minimum atomic E-state index is -0.161. The van der Waals surface area contributed by atoms with Gasteiger partial charge in [-0.3, -0.25) is 0 Å². The summed E-state index contributed by atoms with van der Waals surface area (Å²) in [7, 11) is 3.32. The molecule has 120 valence electrons. The first kappa shape index (κ1) is 17.8. The number of benzene rings is 1. The van der Waals surface area contributed by atoms with E-state index < -0.39 is 0 Å². The Bertz CT molecular complexity index is 416. The highest BCUT2D eigenvalue weighted by atomic mass is 16.5. The lowest BCUT2D eigenvalue weighted by molar-refractivity contribution is 0.353. The summed E-state index contributed by atoms with van der Waals surface area (Å²) < 4.78 is 10.6. The Hall–Kier alpha value is -1.22. The van der Waals surface area contributed by atoms with Crippen LogP contribution in [-0.4, -0.2) is 19.8 Å². The molecule has 1 unspecified atom stereocenters. The summed E-state index contributed by atoms with van der Waals surface area (Å²) >= 11 is 0. The highest BCUT2D eigenvalue weighted by molar-refractivity contribution is 5.43. The number of nitrogens with two attached hydrogens (primary N) is 1. The van der Waals surface area contributed by atoms with Gasteiger partial charge in [0.2, 0.25) is 0 Å². The van der Waals surface area contributed by atoms with Crippen molar-refractivity contribution in [1.82, 2.24) is 0 Å². The van der Waals surface area contributed by atoms with Crippen LogP contribution in [0.25, 0.3) is 0 Å². The molecule has 2 N–H and O–H groups in total. The molecule has 1 aromatic carbocycles. The van der Waals surface area contributed by atoms with Crippen LogP contribution in [0.1, 0.15) is 57.9 Å². The third kappa shape index (κ3) is 6.38. The lowest BCUT2D eigenvalue weighted by Crippen LogP contribution is -2.38. The standard InChI is InChI=1S/C18H31NO2/c1-5-6-7-8-9-12-18(2,19)14-15-10-11-16(20-3)17(13-15)21-4/h10-11,13H,5-9,12,14,19H2,1-4H3. The zero-order valence-corrected chi connectivity index (χ0v) is 14.1. The van der Waals surface area contributed by atoms with E-state index in [4.69, 9.17) is 15.2 Å². The Balaban J connectivity index is 2.54. The van der Waals surface area contributed by atoms with Crippen molar-refractivity contribution in [3.05, 3.63) is 23.8 Å². The van der Waals surface area contributed by atoms with Crippen molar-refractivity contribution in [1.29, 1.82) is 0 Å². The first-order chi connectivity index (χ1) is 10.0. The van der Waals surface area contributed by atoms with Crippen LogP contribution in [-0.2, 0) is 6.42 Å². The van der Waals surface area contributed by atoms with Crippen molar-refractivity contribution in [2.24, 2.45) is 5.73 Å². The molecular formula is C18H31NO2. The maximum Gasteiger partial charge on any atom is 0.160 e. The predicted molar refractivity (Wildman–Crippen MR) is 89.2 cm³/mol. The number of ether oxygens (including phenoxy) is 2. The highest BCUT2D eigenvalue weighted by Crippen LogP contribution is 2.29. The molecule has 1 aromatic rings. The molecule has 0 fully saturated rings. The summed E-state index contributed by atoms with van der Waals surface area (Å²) in [5.74, 6) is 1.54. The SMILES string of the molecule is CCCCCCCC(C)(N)Cc1ccc(OC)c(OC)c1. The van der Waals surface area contributed by atoms with E-state index in [1.54, 1.807) is 14.2 Å². The molecule has 21 heavy (non-hydrogen) atoms. The molecule has 0 aliphatic carbocycles. The molecule has 0 radical (unpaired) electrons. The number of methoxy groups -OCH3 is 2. The molecule has 0 aliphatic rings. The van der Waals surface area contributed by atoms with Gasteiger partial charge in [-0.2, -0.15) is 0 Å². The van der Waals surface area contributed by atoms with Crippen molar-refractivity contribution in [3.8, 4) is 11.5 Å². The zero-order valence-electron chi connectivity index (χ0n) is 14.1. The van der Waals surface area contributed by atoms with Crippen LogP contribution in [0.3, 0.4) is 0 Å². The minimum Gasteiger partial charge on any atom is -0.493 e. The van der Waals surface area contributed by atoms with Crippen LogP contribution in [0.4, 0.5) is 0 Å². The quantitative estimate of drug-likeness (QED) is 0.653. The monoisotopic (exact) mass is 293 g/mol. The van der Waals surface area contributed by atoms with Gasteiger partial charge in [0.05, 0.1) is 14.2 Å². The Labute approximate surface area is 129 Å². The van der Waals surface area contributed by atoms with E-state index in [1.165, 1.54) is 37.7 Å². The van der Waals surface area contributed by atoms with Crippen molar-refractivity contribution in [2.75, 3.05) is 14.2 Å². The summed E-state index contributed by atoms with van der Waals surface area (Å²) in [5, 5.41) is 0. The molecular weight excluding hydrogens is 262 g/mol. The summed E-state index contributed by atoms with van der Waals surface area (Å²) in [6.45, 7) is 4.38. The fourth-order valence-electron chi connectivity index (χ4n) is 2.68. The van der Waals surface area contributed by atoms with E-state index in [0.29, 0.717) is 0 Å². The summed E-state index contributed by atoms with van der Waals surface area (Å²) in [6, 6.07) is 6.05. The summed E-state index contributed by atoms with van der Waals surface area (Å²) in [6.07, 6.45) is 8.35. The Kier molecular flexibility index (Phi) is 7.58. The topological polar surface area (TPSA) is 44.5 Å². The van der Waals surface area contributed by atoms with Crippen LogP contribution in [0.2, 0.25) is 0 Å². The maximum absolute atomic E-state index is 6.45.